The average Bonchev–Trinajstić information content (AvgIpc) is 2.20. The van der Waals surface area contributed by atoms with E-state index in [1.807, 2.05) is 0 Å². The van der Waals surface area contributed by atoms with Gasteiger partial charge in [-0.05, 0) is 55.8 Å². The van der Waals surface area contributed by atoms with Crippen LogP contribution in [0.2, 0.25) is 0 Å². The van der Waals surface area contributed by atoms with Crippen molar-refractivity contribution < 1.29 is 18.3 Å². The van der Waals surface area contributed by atoms with E-state index in [9.17, 15) is 13.6 Å². The first-order valence-corrected chi connectivity index (χ1v) is 6.53. The lowest BCUT2D eigenvalue weighted by molar-refractivity contribution is 0.0507. The summed E-state index contributed by atoms with van der Waals surface area (Å²) in [5.41, 5.74) is -0.594. The molecule has 1 atom stereocenters. The number of alkyl carbamates (subject to hydrolysis) is 1. The Morgan fingerprint density at radius 2 is 1.95 bits per heavy atom. The van der Waals surface area contributed by atoms with E-state index < -0.39 is 29.4 Å². The number of carbonyl (C=O) groups excluding carboxylic acids is 1. The summed E-state index contributed by atoms with van der Waals surface area (Å²) in [4.78, 5) is 11.6. The Bertz CT molecular complexity index is 486. The summed E-state index contributed by atoms with van der Waals surface area (Å²) < 4.78 is 32.1. The maximum absolute atomic E-state index is 13.8. The third-order valence-electron chi connectivity index (χ3n) is 2.22. The second-order valence-corrected chi connectivity index (χ2v) is 6.01. The van der Waals surface area contributed by atoms with E-state index >= 15 is 0 Å². The highest BCUT2D eigenvalue weighted by molar-refractivity contribution is 9.10. The summed E-state index contributed by atoms with van der Waals surface area (Å²) in [5.74, 6) is -1.19. The van der Waals surface area contributed by atoms with Crippen molar-refractivity contribution >= 4 is 22.0 Å². The molecule has 1 aromatic rings. The van der Waals surface area contributed by atoms with Crippen LogP contribution in [-0.4, -0.2) is 11.7 Å². The molecule has 0 aliphatic rings. The van der Waals surface area contributed by atoms with E-state index in [0.29, 0.717) is 0 Å². The first kappa shape index (κ1) is 15.9. The first-order chi connectivity index (χ1) is 8.60. The summed E-state index contributed by atoms with van der Waals surface area (Å²) in [6.07, 6.45) is -0.681. The molecule has 1 N–H and O–H groups in total. The first-order valence-electron chi connectivity index (χ1n) is 5.74. The molecule has 0 heterocycles. The minimum atomic E-state index is -0.707. The Morgan fingerprint density at radius 3 is 2.47 bits per heavy atom. The third kappa shape index (κ3) is 4.78. The zero-order valence-corrected chi connectivity index (χ0v) is 12.8. The largest absolute Gasteiger partial charge is 0.444 e. The predicted octanol–water partition coefficient (Wildman–Crippen LogP) is 4.31. The van der Waals surface area contributed by atoms with Crippen LogP contribution in [0, 0.1) is 11.6 Å². The van der Waals surface area contributed by atoms with Crippen LogP contribution in [0.1, 0.15) is 39.3 Å². The van der Waals surface area contributed by atoms with Gasteiger partial charge in [-0.1, -0.05) is 0 Å². The minimum Gasteiger partial charge on any atom is -0.444 e. The maximum Gasteiger partial charge on any atom is 0.408 e. The highest BCUT2D eigenvalue weighted by Gasteiger charge is 2.21. The number of carbonyl (C=O) groups is 1. The van der Waals surface area contributed by atoms with E-state index in [1.165, 1.54) is 0 Å². The minimum absolute atomic E-state index is 0.0142. The van der Waals surface area contributed by atoms with Gasteiger partial charge in [0.25, 0.3) is 0 Å². The number of hydrogen-bond donors (Lipinski definition) is 1. The molecule has 0 aliphatic carbocycles. The fraction of sp³-hybridized carbons (Fsp3) is 0.462. The van der Waals surface area contributed by atoms with Gasteiger partial charge in [-0.15, -0.1) is 0 Å². The predicted molar refractivity (Wildman–Crippen MR) is 71.8 cm³/mol. The molecular formula is C13H16BrF2NO2. The number of halogens is 3. The lowest BCUT2D eigenvalue weighted by Crippen LogP contribution is -2.34. The van der Waals surface area contributed by atoms with Gasteiger partial charge in [0.15, 0.2) is 0 Å². The molecule has 1 rings (SSSR count). The van der Waals surface area contributed by atoms with Crippen molar-refractivity contribution in [2.75, 3.05) is 0 Å². The molecule has 19 heavy (non-hydrogen) atoms. The van der Waals surface area contributed by atoms with Crippen molar-refractivity contribution in [3.05, 3.63) is 33.8 Å². The van der Waals surface area contributed by atoms with Crippen molar-refractivity contribution in [2.45, 2.75) is 39.3 Å². The number of rotatable bonds is 2. The lowest BCUT2D eigenvalue weighted by atomic mass is 10.1. The number of hydrogen-bond acceptors (Lipinski definition) is 2. The summed E-state index contributed by atoms with van der Waals surface area (Å²) >= 11 is 2.92. The van der Waals surface area contributed by atoms with Gasteiger partial charge >= 0.3 is 6.09 Å². The van der Waals surface area contributed by atoms with Crippen LogP contribution in [0.3, 0.4) is 0 Å². The topological polar surface area (TPSA) is 38.3 Å². The monoisotopic (exact) mass is 335 g/mol. The van der Waals surface area contributed by atoms with E-state index in [1.54, 1.807) is 27.7 Å². The Hall–Kier alpha value is -1.17. The van der Waals surface area contributed by atoms with Gasteiger partial charge in [0.05, 0.1) is 10.5 Å². The zero-order valence-electron chi connectivity index (χ0n) is 11.2. The van der Waals surface area contributed by atoms with E-state index in [0.717, 1.165) is 12.1 Å². The molecule has 1 amide bonds. The van der Waals surface area contributed by atoms with Gasteiger partial charge in [0.2, 0.25) is 0 Å². The second-order valence-electron chi connectivity index (χ2n) is 5.16. The van der Waals surface area contributed by atoms with Crippen molar-refractivity contribution in [3.63, 3.8) is 0 Å². The SMILES string of the molecule is C[C@@H](NC(=O)OC(C)(C)C)c1cc(F)cc(Br)c1F. The average molecular weight is 336 g/mol. The molecule has 106 valence electrons. The van der Waals surface area contributed by atoms with Crippen LogP contribution in [0.5, 0.6) is 0 Å². The molecule has 0 fully saturated rings. The number of amides is 1. The Morgan fingerprint density at radius 1 is 1.37 bits per heavy atom. The van der Waals surface area contributed by atoms with Gasteiger partial charge in [-0.25, -0.2) is 13.6 Å². The molecule has 0 saturated heterocycles. The fourth-order valence-corrected chi connectivity index (χ4v) is 1.90. The lowest BCUT2D eigenvalue weighted by Gasteiger charge is -2.22. The number of nitrogens with one attached hydrogen (secondary N) is 1. The summed E-state index contributed by atoms with van der Waals surface area (Å²) in [5, 5.41) is 2.46. The van der Waals surface area contributed by atoms with Crippen LogP contribution in [-0.2, 0) is 4.74 Å². The fourth-order valence-electron chi connectivity index (χ4n) is 1.45. The van der Waals surface area contributed by atoms with E-state index in [-0.39, 0.29) is 10.0 Å². The van der Waals surface area contributed by atoms with Crippen LogP contribution in [0.15, 0.2) is 16.6 Å². The van der Waals surface area contributed by atoms with Crippen molar-refractivity contribution in [1.82, 2.24) is 5.32 Å². The van der Waals surface area contributed by atoms with E-state index in [4.69, 9.17) is 4.74 Å². The van der Waals surface area contributed by atoms with E-state index in [2.05, 4.69) is 21.2 Å². The van der Waals surface area contributed by atoms with Crippen LogP contribution < -0.4 is 5.32 Å². The Balaban J connectivity index is 2.84. The van der Waals surface area contributed by atoms with Crippen LogP contribution >= 0.6 is 15.9 Å². The van der Waals surface area contributed by atoms with Gasteiger partial charge in [0, 0.05) is 5.56 Å². The quantitative estimate of drug-likeness (QED) is 0.817. The zero-order chi connectivity index (χ0) is 14.8. The number of ether oxygens (including phenoxy) is 1. The van der Waals surface area contributed by atoms with Crippen molar-refractivity contribution in [2.24, 2.45) is 0 Å². The molecule has 0 aromatic heterocycles. The summed E-state index contributed by atoms with van der Waals surface area (Å²) in [7, 11) is 0. The van der Waals surface area contributed by atoms with Crippen molar-refractivity contribution in [1.29, 1.82) is 0 Å². The number of benzene rings is 1. The van der Waals surface area contributed by atoms with Gasteiger partial charge in [-0.3, -0.25) is 0 Å². The molecule has 3 nitrogen and oxygen atoms in total. The van der Waals surface area contributed by atoms with Gasteiger partial charge < -0.3 is 10.1 Å². The van der Waals surface area contributed by atoms with Crippen LogP contribution in [0.4, 0.5) is 13.6 Å². The highest BCUT2D eigenvalue weighted by Crippen LogP contribution is 2.25. The molecule has 0 unspecified atom stereocenters. The van der Waals surface area contributed by atoms with Gasteiger partial charge in [-0.2, -0.15) is 0 Å². The standard InChI is InChI=1S/C13H16BrF2NO2/c1-7(17-12(18)19-13(2,3)4)9-5-8(15)6-10(14)11(9)16/h5-7H,1-4H3,(H,17,18)/t7-/m1/s1. The van der Waals surface area contributed by atoms with Crippen molar-refractivity contribution in [3.8, 4) is 0 Å². The molecule has 0 spiro atoms. The summed E-state index contributed by atoms with van der Waals surface area (Å²) in [6.45, 7) is 6.71. The summed E-state index contributed by atoms with van der Waals surface area (Å²) in [6, 6.07) is 1.36. The molecule has 0 radical (unpaired) electrons. The molecule has 0 bridgehead atoms. The molecule has 0 aliphatic heterocycles. The highest BCUT2D eigenvalue weighted by atomic mass is 79.9. The molecule has 1 aromatic carbocycles. The molecule has 6 heteroatoms. The Kier molecular flexibility index (Phi) is 4.90. The smallest absolute Gasteiger partial charge is 0.408 e. The molecular weight excluding hydrogens is 320 g/mol. The third-order valence-corrected chi connectivity index (χ3v) is 2.80. The second kappa shape index (κ2) is 5.86. The Labute approximate surface area is 119 Å². The van der Waals surface area contributed by atoms with Gasteiger partial charge in [0.1, 0.15) is 17.2 Å². The maximum atomic E-state index is 13.8. The van der Waals surface area contributed by atoms with Crippen LogP contribution in [0.25, 0.3) is 0 Å². The normalized spacial score (nSPS) is 13.0. The molecule has 0 saturated carbocycles.